The summed E-state index contributed by atoms with van der Waals surface area (Å²) in [6, 6.07) is 8.94. The molecule has 4 heterocycles. The molecule has 0 atom stereocenters. The van der Waals surface area contributed by atoms with E-state index < -0.39 is 0 Å². The van der Waals surface area contributed by atoms with Crippen LogP contribution >= 0.6 is 0 Å². The van der Waals surface area contributed by atoms with Gasteiger partial charge in [0.2, 0.25) is 5.91 Å². The van der Waals surface area contributed by atoms with Gasteiger partial charge in [0, 0.05) is 47.7 Å². The second-order valence-electron chi connectivity index (χ2n) is 11.7. The van der Waals surface area contributed by atoms with Gasteiger partial charge >= 0.3 is 0 Å². The van der Waals surface area contributed by atoms with Gasteiger partial charge in [-0.1, -0.05) is 40.7 Å². The van der Waals surface area contributed by atoms with Crippen LogP contribution in [0.15, 0.2) is 36.7 Å². The predicted molar refractivity (Wildman–Crippen MR) is 146 cm³/mol. The highest BCUT2D eigenvalue weighted by atomic mass is 16.2. The lowest BCUT2D eigenvalue weighted by Crippen LogP contribution is -2.43. The molecule has 0 aliphatic carbocycles. The molecule has 0 unspecified atom stereocenters. The predicted octanol–water partition coefficient (Wildman–Crippen LogP) is 5.57. The fourth-order valence-electron chi connectivity index (χ4n) is 5.48. The average Bonchev–Trinajstić information content (AvgIpc) is 3.47. The molecule has 1 aromatic carbocycles. The Bertz CT molecular complexity index is 1370. The first-order valence-corrected chi connectivity index (χ1v) is 13.1. The Morgan fingerprint density at radius 3 is 2.67 bits per heavy atom. The number of carbonyl (C=O) groups is 1. The van der Waals surface area contributed by atoms with Gasteiger partial charge in [-0.15, -0.1) is 0 Å². The van der Waals surface area contributed by atoms with E-state index in [-0.39, 0.29) is 11.3 Å². The van der Waals surface area contributed by atoms with Gasteiger partial charge in [-0.2, -0.15) is 5.10 Å². The normalized spacial score (nSPS) is 15.4. The molecule has 3 N–H and O–H groups in total. The number of aromatic amines is 2. The van der Waals surface area contributed by atoms with Crippen LogP contribution in [0.1, 0.15) is 70.4 Å². The number of nitrogens with one attached hydrogen (secondary N) is 3. The van der Waals surface area contributed by atoms with Crippen molar-refractivity contribution in [2.24, 2.45) is 5.41 Å². The third-order valence-corrected chi connectivity index (χ3v) is 7.31. The molecule has 190 valence electrons. The number of amides is 1. The molecule has 4 aromatic rings. The molecule has 36 heavy (non-hydrogen) atoms. The lowest BCUT2D eigenvalue weighted by molar-refractivity contribution is -0.131. The molecule has 0 bridgehead atoms. The van der Waals surface area contributed by atoms with Gasteiger partial charge in [-0.3, -0.25) is 9.89 Å². The minimum atomic E-state index is 0.181. The van der Waals surface area contributed by atoms with Gasteiger partial charge in [-0.05, 0) is 59.4 Å². The van der Waals surface area contributed by atoms with E-state index in [0.29, 0.717) is 18.4 Å². The fourth-order valence-corrected chi connectivity index (χ4v) is 5.48. The number of benzene rings is 1. The van der Waals surface area contributed by atoms with Crippen LogP contribution in [-0.4, -0.2) is 57.2 Å². The van der Waals surface area contributed by atoms with E-state index in [1.807, 2.05) is 17.3 Å². The van der Waals surface area contributed by atoms with E-state index in [2.05, 4.69) is 84.4 Å². The Morgan fingerprint density at radius 1 is 1.17 bits per heavy atom. The zero-order valence-corrected chi connectivity index (χ0v) is 22.1. The Kier molecular flexibility index (Phi) is 6.60. The van der Waals surface area contributed by atoms with E-state index in [0.717, 1.165) is 60.3 Å². The van der Waals surface area contributed by atoms with E-state index >= 15 is 0 Å². The molecule has 1 aliphatic heterocycles. The first-order chi connectivity index (χ1) is 17.2. The quantitative estimate of drug-likeness (QED) is 0.332. The Morgan fingerprint density at radius 2 is 1.94 bits per heavy atom. The highest BCUT2D eigenvalue weighted by Crippen LogP contribution is 2.39. The van der Waals surface area contributed by atoms with Crippen LogP contribution in [0.4, 0.5) is 0 Å². The third kappa shape index (κ3) is 4.89. The summed E-state index contributed by atoms with van der Waals surface area (Å²) in [7, 11) is 0. The van der Waals surface area contributed by atoms with Crippen molar-refractivity contribution in [2.75, 3.05) is 26.2 Å². The summed E-state index contributed by atoms with van der Waals surface area (Å²) in [6.07, 6.45) is 5.70. The van der Waals surface area contributed by atoms with Gasteiger partial charge in [-0.25, -0.2) is 4.98 Å². The number of hydrogen-bond acceptors (Lipinski definition) is 4. The number of piperidine rings is 1. The van der Waals surface area contributed by atoms with Crippen LogP contribution in [0.2, 0.25) is 0 Å². The first-order valence-electron chi connectivity index (χ1n) is 13.1. The first kappa shape index (κ1) is 24.5. The summed E-state index contributed by atoms with van der Waals surface area (Å²) in [5.74, 6) is 1.05. The Hall–Kier alpha value is -3.19. The Labute approximate surface area is 213 Å². The molecule has 1 amide bonds. The smallest absolute Gasteiger partial charge is 0.236 e. The topological polar surface area (TPSA) is 89.7 Å². The van der Waals surface area contributed by atoms with Crippen LogP contribution < -0.4 is 5.32 Å². The molecule has 0 saturated carbocycles. The number of hydrogen-bond donors (Lipinski definition) is 3. The maximum absolute atomic E-state index is 12.7. The molecular weight excluding hydrogens is 448 g/mol. The molecule has 5 rings (SSSR count). The van der Waals surface area contributed by atoms with Crippen molar-refractivity contribution in [2.45, 2.75) is 59.3 Å². The van der Waals surface area contributed by atoms with Crippen LogP contribution in [0.5, 0.6) is 0 Å². The molecule has 3 aromatic heterocycles. The number of fused-ring (bicyclic) bond motifs is 2. The van der Waals surface area contributed by atoms with Gasteiger partial charge in [0.1, 0.15) is 0 Å². The van der Waals surface area contributed by atoms with Crippen LogP contribution in [0.3, 0.4) is 0 Å². The molecule has 0 spiro atoms. The van der Waals surface area contributed by atoms with Gasteiger partial charge in [0.05, 0.1) is 18.4 Å². The molecule has 1 saturated heterocycles. The van der Waals surface area contributed by atoms with Crippen molar-refractivity contribution in [3.05, 3.63) is 47.8 Å². The highest BCUT2D eigenvalue weighted by molar-refractivity contribution is 5.98. The van der Waals surface area contributed by atoms with Crippen LogP contribution in [0.25, 0.3) is 33.2 Å². The molecule has 0 radical (unpaired) electrons. The lowest BCUT2D eigenvalue weighted by atomic mass is 9.87. The van der Waals surface area contributed by atoms with E-state index in [1.54, 1.807) is 0 Å². The fraction of sp³-hybridized carbons (Fsp3) is 0.483. The monoisotopic (exact) mass is 486 g/mol. The van der Waals surface area contributed by atoms with E-state index in [1.165, 1.54) is 16.5 Å². The minimum Gasteiger partial charge on any atom is -0.354 e. The van der Waals surface area contributed by atoms with Crippen molar-refractivity contribution in [3.8, 4) is 11.3 Å². The summed E-state index contributed by atoms with van der Waals surface area (Å²) in [6.45, 7) is 14.0. The molecular formula is C29H38N6O. The van der Waals surface area contributed by atoms with Crippen molar-refractivity contribution < 1.29 is 4.79 Å². The molecule has 1 fully saturated rings. The van der Waals surface area contributed by atoms with Crippen molar-refractivity contribution in [1.29, 1.82) is 0 Å². The number of pyridine rings is 1. The third-order valence-electron chi connectivity index (χ3n) is 7.31. The van der Waals surface area contributed by atoms with Crippen molar-refractivity contribution in [3.63, 3.8) is 0 Å². The standard InChI is InChI=1S/C29H38N6O/c1-18(2)26-22-14-20(19-9-12-35(13-10-19)25(36)16-30-17-29(3,4)5)6-7-24(22)33-27(26)21-8-11-31-28-23(21)15-32-34-28/h6-8,11,14-15,18-19,30,33H,9-10,12-13,16-17H2,1-5H3,(H,31,32,34). The van der Waals surface area contributed by atoms with Crippen molar-refractivity contribution in [1.82, 2.24) is 30.4 Å². The number of likely N-dealkylation sites (tertiary alicyclic amines) is 1. The summed E-state index contributed by atoms with van der Waals surface area (Å²) in [5, 5.41) is 12.8. The summed E-state index contributed by atoms with van der Waals surface area (Å²) in [4.78, 5) is 22.8. The molecule has 7 nitrogen and oxygen atoms in total. The highest BCUT2D eigenvalue weighted by Gasteiger charge is 2.25. The average molecular weight is 487 g/mol. The zero-order chi connectivity index (χ0) is 25.4. The maximum Gasteiger partial charge on any atom is 0.236 e. The van der Waals surface area contributed by atoms with Crippen molar-refractivity contribution >= 4 is 27.8 Å². The number of rotatable bonds is 6. The maximum atomic E-state index is 12.7. The number of nitrogens with zero attached hydrogens (tertiary/aromatic N) is 3. The van der Waals surface area contributed by atoms with Gasteiger partial charge in [0.15, 0.2) is 5.65 Å². The number of H-pyrrole nitrogens is 2. The summed E-state index contributed by atoms with van der Waals surface area (Å²) < 4.78 is 0. The number of carbonyl (C=O) groups excluding carboxylic acids is 1. The van der Waals surface area contributed by atoms with Crippen LogP contribution in [-0.2, 0) is 4.79 Å². The van der Waals surface area contributed by atoms with Gasteiger partial charge in [0.25, 0.3) is 0 Å². The largest absolute Gasteiger partial charge is 0.354 e. The SMILES string of the molecule is CC(C)c1c(-c2ccnc3[nH]ncc23)[nH]c2ccc(C3CCN(C(=O)CNCC(C)(C)C)CC3)cc12. The van der Waals surface area contributed by atoms with E-state index in [9.17, 15) is 4.79 Å². The lowest BCUT2D eigenvalue weighted by Gasteiger charge is -2.32. The number of aromatic nitrogens is 4. The minimum absolute atomic E-state index is 0.181. The second-order valence-corrected chi connectivity index (χ2v) is 11.7. The molecule has 7 heteroatoms. The zero-order valence-electron chi connectivity index (χ0n) is 22.1. The van der Waals surface area contributed by atoms with E-state index in [4.69, 9.17) is 0 Å². The van der Waals surface area contributed by atoms with Gasteiger partial charge < -0.3 is 15.2 Å². The van der Waals surface area contributed by atoms with Crippen LogP contribution in [0, 0.1) is 5.41 Å². The molecule has 1 aliphatic rings. The Balaban J connectivity index is 1.36. The summed E-state index contributed by atoms with van der Waals surface area (Å²) in [5.41, 5.74) is 7.12. The summed E-state index contributed by atoms with van der Waals surface area (Å²) >= 11 is 0. The second kappa shape index (κ2) is 9.69.